The Bertz CT molecular complexity index is 1040. The van der Waals surface area contributed by atoms with Crippen molar-refractivity contribution in [3.05, 3.63) is 47.8 Å². The zero-order valence-corrected chi connectivity index (χ0v) is 19.5. The van der Waals surface area contributed by atoms with Crippen LogP contribution in [-0.2, 0) is 6.42 Å². The van der Waals surface area contributed by atoms with Gasteiger partial charge in [-0.25, -0.2) is 0 Å². The summed E-state index contributed by atoms with van der Waals surface area (Å²) in [5, 5.41) is 12.2. The lowest BCUT2D eigenvalue weighted by molar-refractivity contribution is 0.171. The number of pyridine rings is 1. The summed E-state index contributed by atoms with van der Waals surface area (Å²) in [6.07, 6.45) is 7.80. The van der Waals surface area contributed by atoms with E-state index in [4.69, 9.17) is 18.9 Å². The van der Waals surface area contributed by atoms with Gasteiger partial charge >= 0.3 is 0 Å². The average Bonchev–Trinajstić information content (AvgIpc) is 2.75. The molecule has 1 saturated carbocycles. The molecule has 0 saturated heterocycles. The maximum atomic E-state index is 10.6. The second-order valence-corrected chi connectivity index (χ2v) is 7.85. The first-order valence-electron chi connectivity index (χ1n) is 10.7. The van der Waals surface area contributed by atoms with Crippen LogP contribution in [0.1, 0.15) is 37.3 Å². The Morgan fingerprint density at radius 1 is 0.969 bits per heavy atom. The first kappa shape index (κ1) is 23.8. The summed E-state index contributed by atoms with van der Waals surface area (Å²) in [6, 6.07) is 7.71. The quantitative estimate of drug-likeness (QED) is 0.452. The third-order valence-electron chi connectivity index (χ3n) is 5.86. The maximum Gasteiger partial charge on any atom is 0.203 e. The molecule has 1 N–H and O–H groups in total. The summed E-state index contributed by atoms with van der Waals surface area (Å²) in [5.74, 6) is 3.15. The van der Waals surface area contributed by atoms with E-state index in [2.05, 4.69) is 4.98 Å². The molecule has 3 aromatic rings. The van der Waals surface area contributed by atoms with Gasteiger partial charge in [0, 0.05) is 17.8 Å². The minimum Gasteiger partial charge on any atom is -0.504 e. The topological polar surface area (TPSA) is 70.0 Å². The highest BCUT2D eigenvalue weighted by Gasteiger charge is 2.21. The molecule has 0 atom stereocenters. The van der Waals surface area contributed by atoms with E-state index in [1.54, 1.807) is 26.5 Å². The summed E-state index contributed by atoms with van der Waals surface area (Å²) in [6.45, 7) is 3.06. The molecule has 1 aliphatic carbocycles. The van der Waals surface area contributed by atoms with Crippen LogP contribution in [-0.4, -0.2) is 37.5 Å². The number of rotatable bonds is 9. The van der Waals surface area contributed by atoms with E-state index in [0.717, 1.165) is 16.5 Å². The van der Waals surface area contributed by atoms with Crippen LogP contribution in [0.3, 0.4) is 0 Å². The van der Waals surface area contributed by atoms with Crippen LogP contribution in [0.2, 0.25) is 0 Å². The number of phenolic OH excluding ortho intramolecular Hbond substituents is 1. The van der Waals surface area contributed by atoms with E-state index in [-0.39, 0.29) is 18.2 Å². The standard InChI is InChI=1S/C25H29NO5.ClH/c1-4-30-21-9-8-19-18(13-26-14-20(19)24(21)27)10-17-11-22(28-2)25(23(12-17)29-3)31-15-16-6-5-7-16;/h8-9,11-14,16,27H,4-7,10,15H2,1-3H3;1H. The minimum absolute atomic E-state index is 0. The molecule has 2 aromatic carbocycles. The van der Waals surface area contributed by atoms with E-state index < -0.39 is 0 Å². The number of halogens is 1. The van der Waals surface area contributed by atoms with Crippen molar-refractivity contribution in [3.8, 4) is 28.7 Å². The molecule has 1 aromatic heterocycles. The van der Waals surface area contributed by atoms with E-state index in [0.29, 0.717) is 53.9 Å². The van der Waals surface area contributed by atoms with Crippen molar-refractivity contribution >= 4 is 23.2 Å². The molecule has 172 valence electrons. The Kier molecular flexibility index (Phi) is 7.91. The van der Waals surface area contributed by atoms with Gasteiger partial charge in [-0.15, -0.1) is 12.4 Å². The number of ether oxygens (including phenoxy) is 4. The fraction of sp³-hybridized carbons (Fsp3) is 0.400. The van der Waals surface area contributed by atoms with Crippen LogP contribution in [0.4, 0.5) is 0 Å². The average molecular weight is 460 g/mol. The highest BCUT2D eigenvalue weighted by Crippen LogP contribution is 2.41. The Hall–Kier alpha value is -2.86. The molecule has 0 amide bonds. The van der Waals surface area contributed by atoms with Crippen molar-refractivity contribution in [2.45, 2.75) is 32.6 Å². The Morgan fingerprint density at radius 2 is 1.69 bits per heavy atom. The van der Waals surface area contributed by atoms with Crippen molar-refractivity contribution in [1.29, 1.82) is 0 Å². The molecule has 0 spiro atoms. The van der Waals surface area contributed by atoms with Crippen LogP contribution in [0.25, 0.3) is 10.8 Å². The molecule has 7 heteroatoms. The Morgan fingerprint density at radius 3 is 2.28 bits per heavy atom. The normalized spacial score (nSPS) is 13.2. The highest BCUT2D eigenvalue weighted by atomic mass is 35.5. The van der Waals surface area contributed by atoms with Crippen molar-refractivity contribution in [1.82, 2.24) is 4.98 Å². The third-order valence-corrected chi connectivity index (χ3v) is 5.86. The lowest BCUT2D eigenvalue weighted by Gasteiger charge is -2.26. The molecule has 1 heterocycles. The first-order chi connectivity index (χ1) is 15.1. The summed E-state index contributed by atoms with van der Waals surface area (Å²) < 4.78 is 22.8. The monoisotopic (exact) mass is 459 g/mol. The number of fused-ring (bicyclic) bond motifs is 1. The van der Waals surface area contributed by atoms with Crippen molar-refractivity contribution in [2.75, 3.05) is 27.4 Å². The molecule has 1 aliphatic rings. The molecular formula is C25H30ClNO5. The molecule has 1 fully saturated rings. The van der Waals surface area contributed by atoms with Gasteiger partial charge in [-0.2, -0.15) is 0 Å². The number of methoxy groups -OCH3 is 2. The number of aromatic nitrogens is 1. The third kappa shape index (κ3) is 4.80. The van der Waals surface area contributed by atoms with Crippen molar-refractivity contribution in [2.24, 2.45) is 5.92 Å². The van der Waals surface area contributed by atoms with Gasteiger partial charge in [-0.1, -0.05) is 12.5 Å². The molecule has 32 heavy (non-hydrogen) atoms. The second kappa shape index (κ2) is 10.6. The van der Waals surface area contributed by atoms with Crippen molar-refractivity contribution in [3.63, 3.8) is 0 Å². The summed E-state index contributed by atoms with van der Waals surface area (Å²) >= 11 is 0. The molecule has 0 radical (unpaired) electrons. The fourth-order valence-electron chi connectivity index (χ4n) is 3.94. The molecule has 0 bridgehead atoms. The SMILES string of the molecule is CCOc1ccc2c(Cc3cc(OC)c(OCC4CCC4)c(OC)c3)cncc2c1O.Cl. The predicted octanol–water partition coefficient (Wildman–Crippen LogP) is 5.55. The van der Waals surface area contributed by atoms with Gasteiger partial charge in [-0.05, 0) is 66.8 Å². The molecule has 4 rings (SSSR count). The van der Waals surface area contributed by atoms with E-state index in [1.165, 1.54) is 19.3 Å². The van der Waals surface area contributed by atoms with Gasteiger partial charge < -0.3 is 24.1 Å². The summed E-state index contributed by atoms with van der Waals surface area (Å²) in [7, 11) is 3.28. The highest BCUT2D eigenvalue weighted by molar-refractivity contribution is 5.92. The number of nitrogens with zero attached hydrogens (tertiary/aromatic N) is 1. The maximum absolute atomic E-state index is 10.6. The smallest absolute Gasteiger partial charge is 0.203 e. The molecule has 6 nitrogen and oxygen atoms in total. The Labute approximate surface area is 194 Å². The van der Waals surface area contributed by atoms with Gasteiger partial charge in [-0.3, -0.25) is 4.98 Å². The van der Waals surface area contributed by atoms with Crippen LogP contribution < -0.4 is 18.9 Å². The van der Waals surface area contributed by atoms with Crippen LogP contribution in [0, 0.1) is 5.92 Å². The summed E-state index contributed by atoms with van der Waals surface area (Å²) in [5.41, 5.74) is 2.00. The first-order valence-corrected chi connectivity index (χ1v) is 10.7. The van der Waals surface area contributed by atoms with Gasteiger partial charge in [0.05, 0.1) is 27.4 Å². The zero-order valence-electron chi connectivity index (χ0n) is 18.7. The lowest BCUT2D eigenvalue weighted by Crippen LogP contribution is -2.19. The predicted molar refractivity (Wildman–Crippen MR) is 127 cm³/mol. The van der Waals surface area contributed by atoms with Gasteiger partial charge in [0.2, 0.25) is 5.75 Å². The lowest BCUT2D eigenvalue weighted by atomic mass is 9.86. The minimum atomic E-state index is 0. The molecule has 0 aliphatic heterocycles. The number of benzene rings is 2. The van der Waals surface area contributed by atoms with E-state index in [9.17, 15) is 5.11 Å². The van der Waals surface area contributed by atoms with E-state index >= 15 is 0 Å². The molecule has 0 unspecified atom stereocenters. The molecular weight excluding hydrogens is 430 g/mol. The largest absolute Gasteiger partial charge is 0.504 e. The number of aromatic hydroxyl groups is 1. The summed E-state index contributed by atoms with van der Waals surface area (Å²) in [4.78, 5) is 4.34. The van der Waals surface area contributed by atoms with Gasteiger partial charge in [0.25, 0.3) is 0 Å². The van der Waals surface area contributed by atoms with Crippen LogP contribution in [0.5, 0.6) is 28.7 Å². The van der Waals surface area contributed by atoms with Crippen LogP contribution >= 0.6 is 12.4 Å². The van der Waals surface area contributed by atoms with Crippen LogP contribution in [0.15, 0.2) is 36.7 Å². The fourth-order valence-corrected chi connectivity index (χ4v) is 3.94. The van der Waals surface area contributed by atoms with Gasteiger partial charge in [0.1, 0.15) is 0 Å². The van der Waals surface area contributed by atoms with E-state index in [1.807, 2.05) is 31.3 Å². The number of hydrogen-bond acceptors (Lipinski definition) is 6. The number of phenols is 1. The Balaban J connectivity index is 0.00000289. The number of hydrogen-bond donors (Lipinski definition) is 1. The second-order valence-electron chi connectivity index (χ2n) is 7.85. The van der Waals surface area contributed by atoms with Crippen molar-refractivity contribution < 1.29 is 24.1 Å². The van der Waals surface area contributed by atoms with Gasteiger partial charge in [0.15, 0.2) is 23.0 Å². The zero-order chi connectivity index (χ0) is 21.8.